The second-order valence-electron chi connectivity index (χ2n) is 7.85. The number of carbonyl (C=O) groups excluding carboxylic acids is 1. The summed E-state index contributed by atoms with van der Waals surface area (Å²) in [7, 11) is 0. The van der Waals surface area contributed by atoms with Gasteiger partial charge >= 0.3 is 0 Å². The average molecular weight is 376 g/mol. The first-order valence-corrected chi connectivity index (χ1v) is 10.5. The van der Waals surface area contributed by atoms with E-state index in [0.29, 0.717) is 6.42 Å². The normalized spacial score (nSPS) is 15.2. The smallest absolute Gasteiger partial charge is 0.179 e. The number of aryl methyl sites for hydroxylation is 1. The maximum absolute atomic E-state index is 12.8. The average Bonchev–Trinajstić information content (AvgIpc) is 3.12. The lowest BCUT2D eigenvalue weighted by Gasteiger charge is -2.23. The zero-order valence-corrected chi connectivity index (χ0v) is 16.7. The van der Waals surface area contributed by atoms with E-state index in [2.05, 4.69) is 46.1 Å². The molecule has 0 saturated carbocycles. The molecule has 1 fully saturated rings. The van der Waals surface area contributed by atoms with Crippen molar-refractivity contribution in [3.8, 4) is 11.1 Å². The molecule has 2 aromatic heterocycles. The van der Waals surface area contributed by atoms with Crippen molar-refractivity contribution in [3.05, 3.63) is 54.5 Å². The maximum Gasteiger partial charge on any atom is 0.179 e. The fourth-order valence-corrected chi connectivity index (χ4v) is 4.30. The lowest BCUT2D eigenvalue weighted by atomic mass is 9.94. The van der Waals surface area contributed by atoms with Gasteiger partial charge in [0.1, 0.15) is 0 Å². The van der Waals surface area contributed by atoms with E-state index in [0.717, 1.165) is 55.0 Å². The Labute approximate surface area is 167 Å². The first kappa shape index (κ1) is 18.9. The van der Waals surface area contributed by atoms with Crippen molar-refractivity contribution in [3.63, 3.8) is 0 Å². The van der Waals surface area contributed by atoms with Crippen molar-refractivity contribution < 1.29 is 4.79 Å². The molecule has 4 heteroatoms. The number of Topliss-reactive ketones (excluding diaryl/α,β-unsaturated/α-hetero) is 1. The lowest BCUT2D eigenvalue weighted by Crippen LogP contribution is -2.28. The summed E-state index contributed by atoms with van der Waals surface area (Å²) < 4.78 is 2.27. The van der Waals surface area contributed by atoms with Crippen molar-refractivity contribution in [1.29, 1.82) is 0 Å². The summed E-state index contributed by atoms with van der Waals surface area (Å²) in [6.07, 6.45) is 8.76. The number of ketones is 1. The molecule has 4 rings (SSSR count). The Morgan fingerprint density at radius 3 is 2.64 bits per heavy atom. The molecule has 0 atom stereocenters. The van der Waals surface area contributed by atoms with Crippen LogP contribution in [0.2, 0.25) is 0 Å². The van der Waals surface area contributed by atoms with Crippen molar-refractivity contribution in [2.75, 3.05) is 13.1 Å². The summed E-state index contributed by atoms with van der Waals surface area (Å²) in [5, 5.41) is 4.59. The number of aromatic nitrogens is 2. The molecule has 4 nitrogen and oxygen atoms in total. The fraction of sp³-hybridized carbons (Fsp3) is 0.417. The van der Waals surface area contributed by atoms with Gasteiger partial charge in [0, 0.05) is 36.3 Å². The molecule has 0 aliphatic carbocycles. The van der Waals surface area contributed by atoms with Crippen LogP contribution in [0.4, 0.5) is 0 Å². The predicted octanol–water partition coefficient (Wildman–Crippen LogP) is 5.08. The van der Waals surface area contributed by atoms with Crippen LogP contribution in [-0.4, -0.2) is 28.4 Å². The number of benzene rings is 1. The second kappa shape index (κ2) is 8.70. The van der Waals surface area contributed by atoms with E-state index >= 15 is 0 Å². The summed E-state index contributed by atoms with van der Waals surface area (Å²) in [5.74, 6) is 1.01. The first-order valence-electron chi connectivity index (χ1n) is 10.5. The molecule has 1 saturated heterocycles. The minimum Gasteiger partial charge on any atom is -0.338 e. The van der Waals surface area contributed by atoms with Gasteiger partial charge in [-0.15, -0.1) is 0 Å². The Morgan fingerprint density at radius 1 is 1.11 bits per heavy atom. The van der Waals surface area contributed by atoms with Gasteiger partial charge in [0.25, 0.3) is 0 Å². The summed E-state index contributed by atoms with van der Waals surface area (Å²) >= 11 is 0. The van der Waals surface area contributed by atoms with E-state index in [9.17, 15) is 4.79 Å². The third-order valence-corrected chi connectivity index (χ3v) is 5.90. The largest absolute Gasteiger partial charge is 0.338 e. The van der Waals surface area contributed by atoms with Crippen LogP contribution in [0.15, 0.2) is 48.8 Å². The molecule has 0 bridgehead atoms. The molecule has 0 amide bonds. The number of hydrogen-bond donors (Lipinski definition) is 1. The highest BCUT2D eigenvalue weighted by Gasteiger charge is 2.18. The quantitative estimate of drug-likeness (QED) is 0.586. The van der Waals surface area contributed by atoms with Gasteiger partial charge in [-0.1, -0.05) is 13.0 Å². The van der Waals surface area contributed by atoms with Crippen LogP contribution in [0.3, 0.4) is 0 Å². The number of carbonyl (C=O) groups is 1. The molecular weight excluding hydrogens is 346 g/mol. The van der Waals surface area contributed by atoms with E-state index in [1.54, 1.807) is 0 Å². The van der Waals surface area contributed by atoms with Crippen molar-refractivity contribution in [1.82, 2.24) is 14.9 Å². The number of rotatable bonds is 7. The van der Waals surface area contributed by atoms with Gasteiger partial charge in [-0.2, -0.15) is 0 Å². The van der Waals surface area contributed by atoms with Crippen molar-refractivity contribution in [2.24, 2.45) is 5.92 Å². The molecule has 3 aromatic rings. The summed E-state index contributed by atoms with van der Waals surface area (Å²) in [6, 6.07) is 12.7. The molecule has 1 N–H and O–H groups in total. The van der Waals surface area contributed by atoms with E-state index in [4.69, 9.17) is 0 Å². The van der Waals surface area contributed by atoms with Gasteiger partial charge in [-0.25, -0.2) is 0 Å². The topological polar surface area (TPSA) is 46.9 Å². The van der Waals surface area contributed by atoms with Crippen molar-refractivity contribution >= 4 is 16.7 Å². The molecule has 0 radical (unpaired) electrons. The third kappa shape index (κ3) is 4.02. The fourth-order valence-electron chi connectivity index (χ4n) is 4.30. The molecule has 146 valence electrons. The number of nitrogens with zero attached hydrogens (tertiary/aromatic N) is 2. The van der Waals surface area contributed by atoms with Gasteiger partial charge in [-0.3, -0.25) is 9.78 Å². The molecular formula is C24H29N3O. The van der Waals surface area contributed by atoms with Crippen LogP contribution < -0.4 is 5.32 Å². The van der Waals surface area contributed by atoms with Crippen LogP contribution in [0.25, 0.3) is 22.0 Å². The highest BCUT2D eigenvalue weighted by Crippen LogP contribution is 2.29. The third-order valence-electron chi connectivity index (χ3n) is 5.90. The van der Waals surface area contributed by atoms with Gasteiger partial charge in [-0.05, 0) is 86.1 Å². The number of piperidine rings is 1. The van der Waals surface area contributed by atoms with E-state index in [-0.39, 0.29) is 5.78 Å². The molecule has 1 aromatic carbocycles. The Balaban J connectivity index is 1.68. The molecule has 1 aliphatic rings. The van der Waals surface area contributed by atoms with Gasteiger partial charge < -0.3 is 9.88 Å². The van der Waals surface area contributed by atoms with Crippen LogP contribution in [0.5, 0.6) is 0 Å². The highest BCUT2D eigenvalue weighted by atomic mass is 16.1. The molecule has 1 aliphatic heterocycles. The Hall–Kier alpha value is -2.46. The summed E-state index contributed by atoms with van der Waals surface area (Å²) in [5.41, 5.74) is 4.37. The van der Waals surface area contributed by atoms with E-state index in [1.807, 2.05) is 24.5 Å². The van der Waals surface area contributed by atoms with Crippen LogP contribution >= 0.6 is 0 Å². The SMILES string of the molecule is CCCC(=O)c1cc2cc(-c3ccncc3)ccc2n1CCC1CCNCC1. The van der Waals surface area contributed by atoms with E-state index < -0.39 is 0 Å². The zero-order valence-electron chi connectivity index (χ0n) is 16.7. The zero-order chi connectivity index (χ0) is 19.3. The predicted molar refractivity (Wildman–Crippen MR) is 115 cm³/mol. The number of fused-ring (bicyclic) bond motifs is 1. The Morgan fingerprint density at radius 2 is 1.89 bits per heavy atom. The van der Waals surface area contributed by atoms with Crippen LogP contribution in [0.1, 0.15) is 49.5 Å². The van der Waals surface area contributed by atoms with E-state index in [1.165, 1.54) is 23.9 Å². The van der Waals surface area contributed by atoms with Crippen LogP contribution in [-0.2, 0) is 6.54 Å². The van der Waals surface area contributed by atoms with Gasteiger partial charge in [0.2, 0.25) is 0 Å². The number of pyridine rings is 1. The van der Waals surface area contributed by atoms with Gasteiger partial charge in [0.15, 0.2) is 5.78 Å². The van der Waals surface area contributed by atoms with Gasteiger partial charge in [0.05, 0.1) is 5.69 Å². The maximum atomic E-state index is 12.8. The molecule has 0 spiro atoms. The Bertz CT molecular complexity index is 939. The monoisotopic (exact) mass is 375 g/mol. The van der Waals surface area contributed by atoms with Crippen LogP contribution in [0, 0.1) is 5.92 Å². The minimum absolute atomic E-state index is 0.259. The highest BCUT2D eigenvalue weighted by molar-refractivity contribution is 6.00. The number of hydrogen-bond acceptors (Lipinski definition) is 3. The second-order valence-corrected chi connectivity index (χ2v) is 7.85. The molecule has 28 heavy (non-hydrogen) atoms. The Kier molecular flexibility index (Phi) is 5.87. The first-order chi connectivity index (χ1) is 13.8. The molecule has 3 heterocycles. The minimum atomic E-state index is 0.259. The summed E-state index contributed by atoms with van der Waals surface area (Å²) in [6.45, 7) is 5.23. The molecule has 0 unspecified atom stereocenters. The summed E-state index contributed by atoms with van der Waals surface area (Å²) in [4.78, 5) is 16.9. The number of nitrogens with one attached hydrogen (secondary N) is 1. The lowest BCUT2D eigenvalue weighted by molar-refractivity contribution is 0.0972. The van der Waals surface area contributed by atoms with Crippen molar-refractivity contribution in [2.45, 2.75) is 45.6 Å². The standard InChI is InChI=1S/C24H29N3O/c1-2-3-24(28)23-17-21-16-20(19-8-13-26-14-9-19)4-5-22(21)27(23)15-10-18-6-11-25-12-7-18/h4-5,8-9,13-14,16-18,25H,2-3,6-7,10-12,15H2,1H3.